The van der Waals surface area contributed by atoms with E-state index >= 15 is 0 Å². The number of alkyl halides is 3. The number of halogens is 3. The topological polar surface area (TPSA) is 50.7 Å². The second kappa shape index (κ2) is 4.89. The lowest BCUT2D eigenvalue weighted by Crippen LogP contribution is -2.09. The van der Waals surface area contributed by atoms with Gasteiger partial charge in [-0.3, -0.25) is 4.98 Å². The minimum Gasteiger partial charge on any atom is -0.354 e. The van der Waals surface area contributed by atoms with E-state index in [2.05, 4.69) is 19.7 Å². The molecule has 2 rings (SSSR count). The van der Waals surface area contributed by atoms with Gasteiger partial charge in [0.2, 0.25) is 11.0 Å². The molecule has 0 radical (unpaired) electrons. The number of hydrogen-bond acceptors (Lipinski definition) is 5. The van der Waals surface area contributed by atoms with E-state index in [-0.39, 0.29) is 11.2 Å². The summed E-state index contributed by atoms with van der Waals surface area (Å²) in [5, 5.41) is 3.01. The summed E-state index contributed by atoms with van der Waals surface area (Å²) in [6, 6.07) is 3.40. The number of anilines is 1. The van der Waals surface area contributed by atoms with Crippen LogP contribution in [0.5, 0.6) is 0 Å². The Morgan fingerprint density at radius 2 is 1.94 bits per heavy atom. The minimum atomic E-state index is -4.50. The highest BCUT2D eigenvalue weighted by atomic mass is 32.1. The van der Waals surface area contributed by atoms with Crippen molar-refractivity contribution in [1.82, 2.24) is 14.3 Å². The van der Waals surface area contributed by atoms with Crippen molar-refractivity contribution in [2.45, 2.75) is 19.1 Å². The van der Waals surface area contributed by atoms with Crippen LogP contribution in [0.2, 0.25) is 0 Å². The van der Waals surface area contributed by atoms with E-state index in [1.54, 1.807) is 24.5 Å². The lowest BCUT2D eigenvalue weighted by Gasteiger charge is -2.12. The van der Waals surface area contributed by atoms with Crippen LogP contribution in [-0.4, -0.2) is 14.3 Å². The van der Waals surface area contributed by atoms with Crippen LogP contribution in [0, 0.1) is 0 Å². The summed E-state index contributed by atoms with van der Waals surface area (Å²) < 4.78 is 40.2. The fraction of sp³-hybridized carbons (Fsp3) is 0.300. The Balaban J connectivity index is 2.08. The molecule has 2 heterocycles. The first-order valence-electron chi connectivity index (χ1n) is 5.04. The molecule has 1 unspecified atom stereocenters. The van der Waals surface area contributed by atoms with E-state index in [0.29, 0.717) is 11.5 Å². The van der Waals surface area contributed by atoms with Gasteiger partial charge in [-0.1, -0.05) is 0 Å². The smallest absolute Gasteiger partial charge is 0.354 e. The zero-order valence-corrected chi connectivity index (χ0v) is 10.1. The molecule has 0 saturated carbocycles. The van der Waals surface area contributed by atoms with Crippen molar-refractivity contribution in [2.24, 2.45) is 0 Å². The fourth-order valence-corrected chi connectivity index (χ4v) is 1.99. The predicted octanol–water partition coefficient (Wildman–Crippen LogP) is 3.13. The third-order valence-corrected chi connectivity index (χ3v) is 2.87. The highest BCUT2D eigenvalue weighted by Gasteiger charge is 2.36. The van der Waals surface area contributed by atoms with Gasteiger partial charge < -0.3 is 5.32 Å². The first kappa shape index (κ1) is 12.7. The fourth-order valence-electron chi connectivity index (χ4n) is 1.32. The molecule has 0 fully saturated rings. The molecule has 0 aromatic carbocycles. The van der Waals surface area contributed by atoms with Crippen molar-refractivity contribution in [2.75, 3.05) is 5.32 Å². The van der Waals surface area contributed by atoms with Crippen LogP contribution in [0.25, 0.3) is 0 Å². The van der Waals surface area contributed by atoms with Gasteiger partial charge >= 0.3 is 6.18 Å². The number of aromatic nitrogens is 3. The van der Waals surface area contributed by atoms with Crippen molar-refractivity contribution in [3.8, 4) is 0 Å². The standard InChI is InChI=1S/C10H9F3N4S/c1-6(7-2-4-14-5-3-7)15-9-16-8(17-18-9)10(11,12)13/h2-6H,1H3,(H,15,16,17). The summed E-state index contributed by atoms with van der Waals surface area (Å²) >= 11 is 0.692. The zero-order valence-electron chi connectivity index (χ0n) is 9.27. The molecule has 96 valence electrons. The predicted molar refractivity (Wildman–Crippen MR) is 61.2 cm³/mol. The van der Waals surface area contributed by atoms with Crippen LogP contribution < -0.4 is 5.32 Å². The quantitative estimate of drug-likeness (QED) is 0.934. The van der Waals surface area contributed by atoms with E-state index in [4.69, 9.17) is 0 Å². The van der Waals surface area contributed by atoms with Crippen LogP contribution in [-0.2, 0) is 6.18 Å². The summed E-state index contributed by atoms with van der Waals surface area (Å²) in [6.07, 6.45) is -1.26. The lowest BCUT2D eigenvalue weighted by molar-refractivity contribution is -0.144. The molecule has 0 spiro atoms. The van der Waals surface area contributed by atoms with E-state index in [9.17, 15) is 13.2 Å². The molecule has 0 aliphatic rings. The van der Waals surface area contributed by atoms with Crippen LogP contribution >= 0.6 is 11.5 Å². The van der Waals surface area contributed by atoms with Gasteiger partial charge in [-0.15, -0.1) is 0 Å². The third kappa shape index (κ3) is 2.95. The Hall–Kier alpha value is -1.70. The maximum absolute atomic E-state index is 12.3. The van der Waals surface area contributed by atoms with E-state index in [1.165, 1.54) is 0 Å². The van der Waals surface area contributed by atoms with Crippen molar-refractivity contribution >= 4 is 16.7 Å². The molecule has 0 aliphatic carbocycles. The van der Waals surface area contributed by atoms with Gasteiger partial charge in [0.05, 0.1) is 6.04 Å². The number of hydrogen-bond donors (Lipinski definition) is 1. The van der Waals surface area contributed by atoms with Gasteiger partial charge in [-0.25, -0.2) is 0 Å². The molecule has 0 aliphatic heterocycles. The van der Waals surface area contributed by atoms with Gasteiger partial charge in [-0.05, 0) is 24.6 Å². The molecular weight excluding hydrogens is 265 g/mol. The number of pyridine rings is 1. The number of rotatable bonds is 3. The first-order valence-corrected chi connectivity index (χ1v) is 5.81. The number of nitrogens with zero attached hydrogens (tertiary/aromatic N) is 3. The van der Waals surface area contributed by atoms with Gasteiger partial charge in [0.1, 0.15) is 0 Å². The summed E-state index contributed by atoms with van der Waals surface area (Å²) in [6.45, 7) is 1.82. The minimum absolute atomic E-state index is 0.145. The van der Waals surface area contributed by atoms with E-state index in [0.717, 1.165) is 5.56 Å². The highest BCUT2D eigenvalue weighted by Crippen LogP contribution is 2.30. The molecule has 0 bridgehead atoms. The van der Waals surface area contributed by atoms with Crippen molar-refractivity contribution in [3.63, 3.8) is 0 Å². The maximum atomic E-state index is 12.3. The van der Waals surface area contributed by atoms with Crippen LogP contribution in [0.1, 0.15) is 24.4 Å². The Morgan fingerprint density at radius 3 is 2.50 bits per heavy atom. The molecule has 18 heavy (non-hydrogen) atoms. The molecular formula is C10H9F3N4S. The second-order valence-electron chi connectivity index (χ2n) is 3.57. The summed E-state index contributed by atoms with van der Waals surface area (Å²) in [5.74, 6) is -1.11. The zero-order chi connectivity index (χ0) is 13.2. The molecule has 4 nitrogen and oxygen atoms in total. The second-order valence-corrected chi connectivity index (χ2v) is 4.32. The molecule has 2 aromatic heterocycles. The maximum Gasteiger partial charge on any atom is 0.452 e. The van der Waals surface area contributed by atoms with Gasteiger partial charge in [0, 0.05) is 23.9 Å². The van der Waals surface area contributed by atoms with Crippen molar-refractivity contribution < 1.29 is 13.2 Å². The van der Waals surface area contributed by atoms with Crippen LogP contribution in [0.4, 0.5) is 18.3 Å². The van der Waals surface area contributed by atoms with Gasteiger partial charge in [0.15, 0.2) is 0 Å². The highest BCUT2D eigenvalue weighted by molar-refractivity contribution is 7.09. The molecule has 1 N–H and O–H groups in total. The van der Waals surface area contributed by atoms with Gasteiger partial charge in [0.25, 0.3) is 0 Å². The van der Waals surface area contributed by atoms with Crippen LogP contribution in [0.15, 0.2) is 24.5 Å². The Morgan fingerprint density at radius 1 is 1.28 bits per heavy atom. The average molecular weight is 274 g/mol. The van der Waals surface area contributed by atoms with E-state index < -0.39 is 12.0 Å². The summed E-state index contributed by atoms with van der Waals surface area (Å²) in [4.78, 5) is 7.27. The van der Waals surface area contributed by atoms with Crippen molar-refractivity contribution in [1.29, 1.82) is 0 Å². The number of nitrogens with one attached hydrogen (secondary N) is 1. The normalized spacial score (nSPS) is 13.3. The monoisotopic (exact) mass is 274 g/mol. The average Bonchev–Trinajstić information content (AvgIpc) is 2.78. The Bertz CT molecular complexity index is 511. The van der Waals surface area contributed by atoms with Crippen LogP contribution in [0.3, 0.4) is 0 Å². The SMILES string of the molecule is CC(Nc1nc(C(F)(F)F)ns1)c1ccncc1. The molecule has 0 saturated heterocycles. The first-order chi connectivity index (χ1) is 8.47. The van der Waals surface area contributed by atoms with Gasteiger partial charge in [-0.2, -0.15) is 22.5 Å². The third-order valence-electron chi connectivity index (χ3n) is 2.23. The largest absolute Gasteiger partial charge is 0.452 e. The van der Waals surface area contributed by atoms with E-state index in [1.807, 2.05) is 6.92 Å². The summed E-state index contributed by atoms with van der Waals surface area (Å²) in [5.41, 5.74) is 0.911. The summed E-state index contributed by atoms with van der Waals surface area (Å²) in [7, 11) is 0. The molecule has 8 heteroatoms. The Labute approximate surface area is 105 Å². The molecule has 2 aromatic rings. The molecule has 1 atom stereocenters. The lowest BCUT2D eigenvalue weighted by atomic mass is 10.1. The Kier molecular flexibility index (Phi) is 3.46. The van der Waals surface area contributed by atoms with Crippen molar-refractivity contribution in [3.05, 3.63) is 35.9 Å². The molecule has 0 amide bonds.